The van der Waals surface area contributed by atoms with Gasteiger partial charge in [0.15, 0.2) is 46.3 Å². The summed E-state index contributed by atoms with van der Waals surface area (Å²) in [7, 11) is 0. The lowest BCUT2D eigenvalue weighted by Crippen LogP contribution is -2.49. The molecule has 16 rings (SSSR count). The van der Waals surface area contributed by atoms with Gasteiger partial charge in [-0.1, -0.05) is 72.8 Å². The Morgan fingerprint density at radius 2 is 0.393 bits per heavy atom. The van der Waals surface area contributed by atoms with Crippen molar-refractivity contribution in [1.82, 2.24) is 0 Å². The smallest absolute Gasteiger partial charge is 0.187 e. The van der Waals surface area contributed by atoms with Gasteiger partial charge in [-0.05, 0) is 57.7 Å². The van der Waals surface area contributed by atoms with Crippen molar-refractivity contribution in [2.24, 2.45) is 0 Å². The Bertz CT molecular complexity index is 2710. The predicted octanol–water partition coefficient (Wildman–Crippen LogP) is 5.17. The molecule has 262 valence electrons. The van der Waals surface area contributed by atoms with E-state index >= 15 is 19.2 Å². The Morgan fingerprint density at radius 3 is 0.571 bits per heavy atom. The van der Waals surface area contributed by atoms with Crippen molar-refractivity contribution < 1.29 is 38.4 Å². The molecule has 0 amide bonds. The van der Waals surface area contributed by atoms with Crippen molar-refractivity contribution in [1.29, 1.82) is 0 Å². The van der Waals surface area contributed by atoms with Crippen LogP contribution in [0.5, 0.6) is 0 Å². The molecule has 3 aromatic rings. The van der Waals surface area contributed by atoms with Crippen LogP contribution in [0.25, 0.3) is 0 Å². The van der Waals surface area contributed by atoms with Crippen LogP contribution >= 0.6 is 0 Å². The fourth-order valence-electron chi connectivity index (χ4n) is 12.1. The number of benzene rings is 3. The van der Waals surface area contributed by atoms with Gasteiger partial charge in [-0.2, -0.15) is 0 Å². The average molecular weight is 727 g/mol. The molecule has 0 N–H and O–H groups in total. The average Bonchev–Trinajstić information content (AvgIpc) is 3.23. The summed E-state index contributed by atoms with van der Waals surface area (Å²) in [6.07, 6.45) is 4.87. The number of ketones is 8. The topological polar surface area (TPSA) is 137 Å². The van der Waals surface area contributed by atoms with Crippen molar-refractivity contribution in [3.63, 3.8) is 0 Å². The summed E-state index contributed by atoms with van der Waals surface area (Å²) in [6.45, 7) is 0. The van der Waals surface area contributed by atoms with Crippen LogP contribution in [-0.2, 0) is 38.4 Å². The van der Waals surface area contributed by atoms with Gasteiger partial charge in [0.1, 0.15) is 0 Å². The molecule has 6 bridgehead atoms. The molecule has 13 aliphatic carbocycles. The summed E-state index contributed by atoms with van der Waals surface area (Å²) in [6, 6.07) is 21.7. The molecule has 0 aromatic heterocycles. The third kappa shape index (κ3) is 3.06. The minimum Gasteiger partial charge on any atom is -0.290 e. The first-order chi connectivity index (χ1) is 27.2. The number of Topliss-reactive ketones (excluding diaryl/α,β-unsaturated/α-hetero) is 4. The first-order valence-corrected chi connectivity index (χ1v) is 18.6. The molecule has 0 saturated heterocycles. The fraction of sp³-hybridized carbons (Fsp3) is 0.125. The maximum Gasteiger partial charge on any atom is 0.187 e. The van der Waals surface area contributed by atoms with Crippen molar-refractivity contribution in [3.8, 4) is 0 Å². The highest BCUT2D eigenvalue weighted by Gasteiger charge is 2.63. The van der Waals surface area contributed by atoms with E-state index in [4.69, 9.17) is 0 Å². The molecule has 0 aliphatic heterocycles. The van der Waals surface area contributed by atoms with Crippen molar-refractivity contribution in [3.05, 3.63) is 197 Å². The summed E-state index contributed by atoms with van der Waals surface area (Å²) in [4.78, 5) is 116. The molecule has 0 spiro atoms. The van der Waals surface area contributed by atoms with Gasteiger partial charge in [0.25, 0.3) is 0 Å². The number of hydrogen-bond donors (Lipinski definition) is 0. The molecule has 0 saturated carbocycles. The number of allylic oxidation sites excluding steroid dienone is 16. The molecule has 56 heavy (non-hydrogen) atoms. The highest BCUT2D eigenvalue weighted by Crippen LogP contribution is 2.68. The fourth-order valence-corrected chi connectivity index (χ4v) is 12.1. The lowest BCUT2D eigenvalue weighted by atomic mass is 9.47. The van der Waals surface area contributed by atoms with E-state index in [1.807, 2.05) is 36.4 Å². The van der Waals surface area contributed by atoms with Gasteiger partial charge in [-0.3, -0.25) is 38.4 Å². The lowest BCUT2D eigenvalue weighted by Gasteiger charge is -2.52. The summed E-state index contributed by atoms with van der Waals surface area (Å²) in [5.41, 5.74) is 5.84. The second kappa shape index (κ2) is 9.59. The van der Waals surface area contributed by atoms with Crippen LogP contribution in [0.3, 0.4) is 0 Å². The molecule has 0 fully saturated rings. The van der Waals surface area contributed by atoms with Gasteiger partial charge in [0, 0.05) is 102 Å². The van der Waals surface area contributed by atoms with Crippen LogP contribution in [0.1, 0.15) is 68.9 Å². The van der Waals surface area contributed by atoms with Crippen LogP contribution in [0.4, 0.5) is 0 Å². The molecular formula is C48H22O8. The summed E-state index contributed by atoms with van der Waals surface area (Å²) in [5.74, 6) is -9.50. The molecule has 0 heterocycles. The minimum atomic E-state index is -1.09. The molecule has 4 atom stereocenters. The Kier molecular flexibility index (Phi) is 5.19. The zero-order valence-electron chi connectivity index (χ0n) is 29.0. The molecule has 3 aromatic carbocycles. The normalized spacial score (nSPS) is 29.5. The number of hydrogen-bond acceptors (Lipinski definition) is 8. The highest BCUT2D eigenvalue weighted by molar-refractivity contribution is 6.38. The van der Waals surface area contributed by atoms with Crippen LogP contribution in [0, 0.1) is 0 Å². The third-order valence-corrected chi connectivity index (χ3v) is 13.9. The lowest BCUT2D eigenvalue weighted by molar-refractivity contribution is -0.120. The Hall–Kier alpha value is -7.06. The van der Waals surface area contributed by atoms with Gasteiger partial charge in [0.05, 0.1) is 0 Å². The summed E-state index contributed by atoms with van der Waals surface area (Å²) >= 11 is 0. The van der Waals surface area contributed by atoms with E-state index in [0.29, 0.717) is 33.4 Å². The Morgan fingerprint density at radius 1 is 0.232 bits per heavy atom. The maximum atomic E-state index is 15.5. The largest absolute Gasteiger partial charge is 0.290 e. The maximum absolute atomic E-state index is 15.5. The van der Waals surface area contributed by atoms with E-state index in [1.165, 1.54) is 24.3 Å². The van der Waals surface area contributed by atoms with Crippen LogP contribution in [0.2, 0.25) is 0 Å². The minimum absolute atomic E-state index is 0.117. The zero-order chi connectivity index (χ0) is 37.8. The Labute approximate surface area is 316 Å². The molecular weight excluding hydrogens is 705 g/mol. The van der Waals surface area contributed by atoms with Crippen LogP contribution in [0.15, 0.2) is 164 Å². The molecule has 4 unspecified atom stereocenters. The third-order valence-electron chi connectivity index (χ3n) is 13.9. The van der Waals surface area contributed by atoms with E-state index in [2.05, 4.69) is 0 Å². The van der Waals surface area contributed by atoms with E-state index in [-0.39, 0.29) is 66.9 Å². The van der Waals surface area contributed by atoms with E-state index in [9.17, 15) is 19.2 Å². The highest BCUT2D eigenvalue weighted by atomic mass is 16.2. The first kappa shape index (κ1) is 30.3. The second-order valence-electron chi connectivity index (χ2n) is 15.9. The van der Waals surface area contributed by atoms with Gasteiger partial charge in [-0.25, -0.2) is 0 Å². The SMILES string of the molecule is O=C1C=CC(=O)C2=C1C1C3=C(C(=O)C4=C(C3=O)C3C5=C(C(=O)C6=C(C5=O)C5C7=C(C(=O)C=CC7=O)C6c6ccccc65)C4c4ccccc43)C2c2ccccc21. The van der Waals surface area contributed by atoms with E-state index in [0.717, 1.165) is 0 Å². The zero-order valence-corrected chi connectivity index (χ0v) is 29.0. The van der Waals surface area contributed by atoms with E-state index in [1.54, 1.807) is 36.4 Å². The van der Waals surface area contributed by atoms with E-state index < -0.39 is 81.8 Å². The van der Waals surface area contributed by atoms with Crippen LogP contribution < -0.4 is 0 Å². The van der Waals surface area contributed by atoms with Crippen LogP contribution in [-0.4, -0.2) is 46.3 Å². The number of rotatable bonds is 0. The second-order valence-corrected chi connectivity index (χ2v) is 15.9. The van der Waals surface area contributed by atoms with Gasteiger partial charge < -0.3 is 0 Å². The van der Waals surface area contributed by atoms with Crippen molar-refractivity contribution in [2.45, 2.75) is 35.5 Å². The standard InChI is InChI=1S/C48H22O8/c49-23-13-14-24(50)34-28-18-8-2-1-7-17(18)27(33(23)34)37-38(28)46(54)42-32-22-12-6-5-11-21(22)31(41(42)45(37)53)43-44(32)48(56)40-30-20-10-4-3-9-19(20)29(39(40)47(43)55)35-25(51)15-16-26(52)36(30)35/h1-16,27-32H. The monoisotopic (exact) mass is 726 g/mol. The molecule has 8 nitrogen and oxygen atoms in total. The number of carbonyl (C=O) groups excluding carboxylic acids is 8. The quantitative estimate of drug-likeness (QED) is 0.290. The van der Waals surface area contributed by atoms with Crippen molar-refractivity contribution >= 4 is 46.3 Å². The van der Waals surface area contributed by atoms with Gasteiger partial charge >= 0.3 is 0 Å². The van der Waals surface area contributed by atoms with Gasteiger partial charge in [-0.15, -0.1) is 0 Å². The predicted molar refractivity (Wildman–Crippen MR) is 196 cm³/mol. The molecule has 13 aliphatic rings. The number of carbonyl (C=O) groups is 8. The first-order valence-electron chi connectivity index (χ1n) is 18.6. The molecule has 8 heteroatoms. The Balaban J connectivity index is 1.04. The summed E-state index contributed by atoms with van der Waals surface area (Å²) in [5, 5.41) is 0. The summed E-state index contributed by atoms with van der Waals surface area (Å²) < 4.78 is 0. The molecule has 0 radical (unpaired) electrons. The van der Waals surface area contributed by atoms with Gasteiger partial charge in [0.2, 0.25) is 0 Å². The van der Waals surface area contributed by atoms with Crippen molar-refractivity contribution in [2.75, 3.05) is 0 Å².